The van der Waals surface area contributed by atoms with Crippen molar-refractivity contribution < 1.29 is 24.5 Å². The predicted octanol–water partition coefficient (Wildman–Crippen LogP) is 9.90. The second kappa shape index (κ2) is 24.4. The zero-order valence-electron chi connectivity index (χ0n) is 27.7. The van der Waals surface area contributed by atoms with Crippen molar-refractivity contribution >= 4 is 5.97 Å². The van der Waals surface area contributed by atoms with E-state index in [1.807, 2.05) is 13.0 Å². The lowest BCUT2D eigenvalue weighted by Gasteiger charge is -2.22. The Bertz CT molecular complexity index is 692. The number of carbonyl (C=O) groups excluding carboxylic acids is 1. The van der Waals surface area contributed by atoms with Gasteiger partial charge in [-0.05, 0) is 51.5 Å². The van der Waals surface area contributed by atoms with Crippen LogP contribution in [0.15, 0.2) is 11.6 Å². The summed E-state index contributed by atoms with van der Waals surface area (Å²) in [5, 5.41) is 21.2. The maximum absolute atomic E-state index is 11.6. The minimum Gasteiger partial charge on any atom is -0.455 e. The molecule has 5 heteroatoms. The summed E-state index contributed by atoms with van der Waals surface area (Å²) < 4.78 is 11.2. The molecule has 0 aliphatic carbocycles. The lowest BCUT2D eigenvalue weighted by Crippen LogP contribution is -2.31. The second-order valence-corrected chi connectivity index (χ2v) is 13.5. The van der Waals surface area contributed by atoms with Crippen LogP contribution in [-0.4, -0.2) is 46.7 Å². The van der Waals surface area contributed by atoms with E-state index in [0.29, 0.717) is 0 Å². The summed E-state index contributed by atoms with van der Waals surface area (Å²) >= 11 is 0. The van der Waals surface area contributed by atoms with E-state index >= 15 is 0 Å². The lowest BCUT2D eigenvalue weighted by atomic mass is 10.00. The Morgan fingerprint density at radius 1 is 0.643 bits per heavy atom. The number of cyclic esters (lactones) is 1. The molecule has 5 atom stereocenters. The van der Waals surface area contributed by atoms with Crippen LogP contribution in [0.1, 0.15) is 187 Å². The molecule has 246 valence electrons. The SMILES string of the molecule is CCCCCCCCCC[C@H](O)[C@H]1CC[C@@H]([C@H](O)CCCCCCCCCCCCCCCCC2=C[C@@H](C)OC2=O)O1. The third-order valence-corrected chi connectivity index (χ3v) is 9.48. The Morgan fingerprint density at radius 3 is 1.40 bits per heavy atom. The first-order valence-electron chi connectivity index (χ1n) is 18.4. The number of ether oxygens (including phenoxy) is 2. The summed E-state index contributed by atoms with van der Waals surface area (Å²) in [5.74, 6) is -0.106. The molecule has 0 aromatic heterocycles. The fourth-order valence-electron chi connectivity index (χ4n) is 6.72. The summed E-state index contributed by atoms with van der Waals surface area (Å²) in [5.41, 5.74) is 0.882. The average molecular weight is 593 g/mol. The van der Waals surface area contributed by atoms with Crippen LogP contribution >= 0.6 is 0 Å². The van der Waals surface area contributed by atoms with Crippen LogP contribution in [0.5, 0.6) is 0 Å². The van der Waals surface area contributed by atoms with Gasteiger partial charge in [0.05, 0.1) is 24.4 Å². The van der Waals surface area contributed by atoms with E-state index < -0.39 is 0 Å². The Labute approximate surface area is 259 Å². The van der Waals surface area contributed by atoms with E-state index in [9.17, 15) is 15.0 Å². The van der Waals surface area contributed by atoms with Gasteiger partial charge in [-0.2, -0.15) is 0 Å². The second-order valence-electron chi connectivity index (χ2n) is 13.5. The van der Waals surface area contributed by atoms with Crippen LogP contribution in [0.3, 0.4) is 0 Å². The van der Waals surface area contributed by atoms with Gasteiger partial charge in [0.25, 0.3) is 0 Å². The number of aliphatic hydroxyl groups is 2. The van der Waals surface area contributed by atoms with Crippen LogP contribution in [0.25, 0.3) is 0 Å². The number of hydrogen-bond acceptors (Lipinski definition) is 5. The van der Waals surface area contributed by atoms with Gasteiger partial charge in [-0.25, -0.2) is 4.79 Å². The molecule has 0 bridgehead atoms. The summed E-state index contributed by atoms with van der Waals surface area (Å²) in [6.45, 7) is 4.18. The highest BCUT2D eigenvalue weighted by atomic mass is 16.5. The van der Waals surface area contributed by atoms with E-state index in [2.05, 4.69) is 6.92 Å². The smallest absolute Gasteiger partial charge is 0.334 e. The van der Waals surface area contributed by atoms with Gasteiger partial charge in [-0.1, -0.05) is 142 Å². The quantitative estimate of drug-likeness (QED) is 0.0698. The Kier molecular flexibility index (Phi) is 21.7. The molecule has 0 radical (unpaired) electrons. The van der Waals surface area contributed by atoms with E-state index in [1.54, 1.807) is 0 Å². The van der Waals surface area contributed by atoms with E-state index in [-0.39, 0.29) is 36.5 Å². The Hall–Kier alpha value is -0.910. The molecule has 0 spiro atoms. The van der Waals surface area contributed by atoms with Crippen LogP contribution < -0.4 is 0 Å². The van der Waals surface area contributed by atoms with Gasteiger partial charge in [0.15, 0.2) is 0 Å². The average Bonchev–Trinajstić information content (AvgIpc) is 3.60. The topological polar surface area (TPSA) is 76.0 Å². The molecule has 0 amide bonds. The molecule has 42 heavy (non-hydrogen) atoms. The Morgan fingerprint density at radius 2 is 1.02 bits per heavy atom. The molecule has 0 saturated carbocycles. The first kappa shape index (κ1) is 37.3. The molecule has 0 aromatic carbocycles. The van der Waals surface area contributed by atoms with Gasteiger partial charge in [0.1, 0.15) is 6.10 Å². The minimum atomic E-state index is -0.377. The molecule has 2 heterocycles. The number of rotatable bonds is 28. The van der Waals surface area contributed by atoms with Crippen LogP contribution in [-0.2, 0) is 14.3 Å². The van der Waals surface area contributed by atoms with Crippen molar-refractivity contribution in [1.29, 1.82) is 0 Å². The third kappa shape index (κ3) is 17.4. The van der Waals surface area contributed by atoms with Crippen molar-refractivity contribution in [1.82, 2.24) is 0 Å². The molecular formula is C37H68O5. The van der Waals surface area contributed by atoms with Gasteiger partial charge in [0, 0.05) is 5.57 Å². The van der Waals surface area contributed by atoms with Crippen molar-refractivity contribution in [2.75, 3.05) is 0 Å². The largest absolute Gasteiger partial charge is 0.455 e. The van der Waals surface area contributed by atoms with Crippen molar-refractivity contribution in [2.45, 2.75) is 218 Å². The normalized spacial score (nSPS) is 22.0. The zero-order chi connectivity index (χ0) is 30.3. The van der Waals surface area contributed by atoms with Gasteiger partial charge in [0.2, 0.25) is 0 Å². The zero-order valence-corrected chi connectivity index (χ0v) is 27.7. The fraction of sp³-hybridized carbons (Fsp3) is 0.919. The molecule has 1 fully saturated rings. The number of hydrogen-bond donors (Lipinski definition) is 2. The van der Waals surface area contributed by atoms with Gasteiger partial charge in [-0.3, -0.25) is 0 Å². The molecule has 0 unspecified atom stereocenters. The fourth-order valence-corrected chi connectivity index (χ4v) is 6.72. The standard InChI is InChI=1S/C37H68O5/c1-3-4-5-6-7-17-20-23-26-33(38)35-28-29-36(42-35)34(39)27-24-21-18-15-13-11-9-8-10-12-14-16-19-22-25-32-30-31(2)41-37(32)40/h30-31,33-36,38-39H,3-29H2,1-2H3/t31-,33+,34-,35-,36+/m1/s1. The highest BCUT2D eigenvalue weighted by Crippen LogP contribution is 2.28. The maximum atomic E-state index is 11.6. The Balaban J connectivity index is 1.30. The number of esters is 1. The monoisotopic (exact) mass is 593 g/mol. The summed E-state index contributed by atoms with van der Waals surface area (Å²) in [6.07, 6.45) is 33.5. The van der Waals surface area contributed by atoms with Crippen LogP contribution in [0.2, 0.25) is 0 Å². The molecule has 2 rings (SSSR count). The van der Waals surface area contributed by atoms with E-state index in [0.717, 1.165) is 56.9 Å². The van der Waals surface area contributed by atoms with E-state index in [4.69, 9.17) is 9.47 Å². The van der Waals surface area contributed by atoms with Crippen molar-refractivity contribution in [3.05, 3.63) is 11.6 Å². The molecule has 2 N–H and O–H groups in total. The van der Waals surface area contributed by atoms with Gasteiger partial charge >= 0.3 is 5.97 Å². The van der Waals surface area contributed by atoms with E-state index in [1.165, 1.54) is 122 Å². The number of carbonyl (C=O) groups is 1. The third-order valence-electron chi connectivity index (χ3n) is 9.48. The van der Waals surface area contributed by atoms with Crippen LogP contribution in [0, 0.1) is 0 Å². The van der Waals surface area contributed by atoms with Crippen molar-refractivity contribution in [3.8, 4) is 0 Å². The molecule has 1 saturated heterocycles. The van der Waals surface area contributed by atoms with Crippen LogP contribution in [0.4, 0.5) is 0 Å². The summed E-state index contributed by atoms with van der Waals surface area (Å²) in [4.78, 5) is 11.6. The lowest BCUT2D eigenvalue weighted by molar-refractivity contribution is -0.139. The maximum Gasteiger partial charge on any atom is 0.334 e. The number of aliphatic hydroxyl groups excluding tert-OH is 2. The highest BCUT2D eigenvalue weighted by Gasteiger charge is 2.34. The molecule has 5 nitrogen and oxygen atoms in total. The van der Waals surface area contributed by atoms with Gasteiger partial charge < -0.3 is 19.7 Å². The molecule has 0 aromatic rings. The van der Waals surface area contributed by atoms with Gasteiger partial charge in [-0.15, -0.1) is 0 Å². The minimum absolute atomic E-state index is 0.0343. The van der Waals surface area contributed by atoms with Crippen molar-refractivity contribution in [2.24, 2.45) is 0 Å². The summed E-state index contributed by atoms with van der Waals surface area (Å²) in [6, 6.07) is 0. The van der Waals surface area contributed by atoms with Crippen molar-refractivity contribution in [3.63, 3.8) is 0 Å². The molecular weight excluding hydrogens is 524 g/mol. The first-order chi connectivity index (χ1) is 20.5. The molecule has 2 aliphatic rings. The highest BCUT2D eigenvalue weighted by molar-refractivity contribution is 5.90. The summed E-state index contributed by atoms with van der Waals surface area (Å²) in [7, 11) is 0. The molecule has 2 aliphatic heterocycles. The first-order valence-corrected chi connectivity index (χ1v) is 18.4. The predicted molar refractivity (Wildman–Crippen MR) is 175 cm³/mol. The number of unbranched alkanes of at least 4 members (excludes halogenated alkanes) is 20.